The van der Waals surface area contributed by atoms with Crippen LogP contribution >= 0.6 is 11.6 Å². The maximum absolute atomic E-state index is 12.4. The third-order valence-electron chi connectivity index (χ3n) is 6.79. The maximum Gasteiger partial charge on any atom is 0.246 e. The number of rotatable bonds is 8. The van der Waals surface area contributed by atoms with Gasteiger partial charge in [-0.3, -0.25) is 14.7 Å². The normalized spacial score (nSPS) is 15.8. The van der Waals surface area contributed by atoms with E-state index in [1.807, 2.05) is 38.1 Å². The minimum Gasteiger partial charge on any atom is -0.490 e. The molecule has 198 valence electrons. The highest BCUT2D eigenvalue weighted by Crippen LogP contribution is 2.36. The molecule has 7 nitrogen and oxygen atoms in total. The van der Waals surface area contributed by atoms with Crippen molar-refractivity contribution in [1.29, 1.82) is 0 Å². The Kier molecular flexibility index (Phi) is 8.15. The molecule has 0 aromatic heterocycles. The van der Waals surface area contributed by atoms with E-state index < -0.39 is 0 Å². The van der Waals surface area contributed by atoms with Crippen molar-refractivity contribution in [3.05, 3.63) is 82.4 Å². The SMILES string of the molecule is CCOc1cc2c(cc1OCC)C(c1ccc(CN3CCN(c4ccc(Cl)cc4)CC3)cc1)=NCC(=O)N2. The first-order chi connectivity index (χ1) is 18.5. The van der Waals surface area contributed by atoms with Crippen LogP contribution in [0.15, 0.2) is 65.7 Å². The molecular formula is C30H33ClN4O3. The Hall–Kier alpha value is -3.55. The van der Waals surface area contributed by atoms with Crippen molar-refractivity contribution in [3.63, 3.8) is 0 Å². The van der Waals surface area contributed by atoms with Gasteiger partial charge < -0.3 is 19.7 Å². The summed E-state index contributed by atoms with van der Waals surface area (Å²) in [6, 6.07) is 20.3. The van der Waals surface area contributed by atoms with E-state index in [2.05, 4.69) is 56.5 Å². The summed E-state index contributed by atoms with van der Waals surface area (Å²) < 4.78 is 11.6. The summed E-state index contributed by atoms with van der Waals surface area (Å²) in [5.74, 6) is 1.11. The Labute approximate surface area is 229 Å². The summed E-state index contributed by atoms with van der Waals surface area (Å²) in [6.07, 6.45) is 0. The van der Waals surface area contributed by atoms with Gasteiger partial charge in [0.2, 0.25) is 5.91 Å². The molecule has 8 heteroatoms. The third-order valence-corrected chi connectivity index (χ3v) is 7.04. The number of halogens is 1. The smallest absolute Gasteiger partial charge is 0.246 e. The highest BCUT2D eigenvalue weighted by atomic mass is 35.5. The Balaban J connectivity index is 1.30. The van der Waals surface area contributed by atoms with Gasteiger partial charge in [-0.1, -0.05) is 35.9 Å². The molecule has 0 saturated carbocycles. The van der Waals surface area contributed by atoms with Gasteiger partial charge in [-0.05, 0) is 49.7 Å². The molecule has 1 amide bonds. The first kappa shape index (κ1) is 26.1. The molecule has 0 aliphatic carbocycles. The molecule has 2 aliphatic heterocycles. The third kappa shape index (κ3) is 5.95. The minimum atomic E-state index is -0.151. The van der Waals surface area contributed by atoms with Crippen LogP contribution in [0.5, 0.6) is 11.5 Å². The molecule has 0 bridgehead atoms. The number of carbonyl (C=O) groups excluding carboxylic acids is 1. The molecule has 0 radical (unpaired) electrons. The number of piperazine rings is 1. The summed E-state index contributed by atoms with van der Waals surface area (Å²) in [6.45, 7) is 9.82. The van der Waals surface area contributed by atoms with E-state index in [0.29, 0.717) is 30.4 Å². The van der Waals surface area contributed by atoms with Crippen molar-refractivity contribution in [2.24, 2.45) is 4.99 Å². The quantitative estimate of drug-likeness (QED) is 0.429. The number of aliphatic imine (C=N–C) groups is 1. The molecule has 2 heterocycles. The fraction of sp³-hybridized carbons (Fsp3) is 0.333. The molecule has 3 aromatic carbocycles. The monoisotopic (exact) mass is 532 g/mol. The summed E-state index contributed by atoms with van der Waals surface area (Å²) in [4.78, 5) is 21.9. The number of hydrogen-bond donors (Lipinski definition) is 1. The molecule has 0 atom stereocenters. The van der Waals surface area contributed by atoms with Crippen molar-refractivity contribution in [2.75, 3.05) is 56.2 Å². The van der Waals surface area contributed by atoms with Crippen LogP contribution in [0.2, 0.25) is 5.02 Å². The molecule has 2 aliphatic rings. The highest BCUT2D eigenvalue weighted by Gasteiger charge is 2.22. The van der Waals surface area contributed by atoms with Crippen LogP contribution in [0, 0.1) is 0 Å². The van der Waals surface area contributed by atoms with Crippen LogP contribution in [-0.4, -0.2) is 62.5 Å². The van der Waals surface area contributed by atoms with Gasteiger partial charge in [0.15, 0.2) is 11.5 Å². The number of ether oxygens (including phenoxy) is 2. The summed E-state index contributed by atoms with van der Waals surface area (Å²) >= 11 is 6.04. The number of amides is 1. The van der Waals surface area contributed by atoms with E-state index in [1.165, 1.54) is 11.3 Å². The molecule has 0 spiro atoms. The van der Waals surface area contributed by atoms with Gasteiger partial charge in [0.05, 0.1) is 24.6 Å². The van der Waals surface area contributed by atoms with Crippen molar-refractivity contribution in [2.45, 2.75) is 20.4 Å². The van der Waals surface area contributed by atoms with Crippen LogP contribution < -0.4 is 19.7 Å². The van der Waals surface area contributed by atoms with Gasteiger partial charge in [0.25, 0.3) is 0 Å². The van der Waals surface area contributed by atoms with E-state index in [1.54, 1.807) is 0 Å². The first-order valence-electron chi connectivity index (χ1n) is 13.1. The Morgan fingerprint density at radius 1 is 0.895 bits per heavy atom. The van der Waals surface area contributed by atoms with E-state index in [4.69, 9.17) is 21.1 Å². The molecule has 1 N–H and O–H groups in total. The van der Waals surface area contributed by atoms with Gasteiger partial charge in [0, 0.05) is 60.6 Å². The molecule has 1 fully saturated rings. The Morgan fingerprint density at radius 2 is 1.55 bits per heavy atom. The highest BCUT2D eigenvalue weighted by molar-refractivity contribution is 6.30. The van der Waals surface area contributed by atoms with Crippen LogP contribution in [0.3, 0.4) is 0 Å². The molecule has 3 aromatic rings. The predicted octanol–water partition coefficient (Wildman–Crippen LogP) is 5.25. The van der Waals surface area contributed by atoms with Gasteiger partial charge in [0.1, 0.15) is 6.54 Å². The predicted molar refractivity (Wildman–Crippen MR) is 153 cm³/mol. The van der Waals surface area contributed by atoms with Crippen LogP contribution in [-0.2, 0) is 11.3 Å². The lowest BCUT2D eigenvalue weighted by atomic mass is 9.98. The number of carbonyl (C=O) groups is 1. The fourth-order valence-corrected chi connectivity index (χ4v) is 5.04. The van der Waals surface area contributed by atoms with E-state index in [9.17, 15) is 4.79 Å². The minimum absolute atomic E-state index is 0.0671. The Bertz CT molecular complexity index is 1300. The standard InChI is InChI=1S/C30H33ClN4O3/c1-3-37-27-17-25-26(18-28(27)38-4-2)33-29(36)19-32-30(25)22-7-5-21(6-8-22)20-34-13-15-35(16-14-34)24-11-9-23(31)10-12-24/h5-12,17-18H,3-4,13-16,19-20H2,1-2H3,(H,33,36). The zero-order valence-electron chi connectivity index (χ0n) is 21.9. The molecule has 38 heavy (non-hydrogen) atoms. The van der Waals surface area contributed by atoms with Crippen molar-refractivity contribution < 1.29 is 14.3 Å². The lowest BCUT2D eigenvalue weighted by Crippen LogP contribution is -2.45. The van der Waals surface area contributed by atoms with Crippen LogP contribution in [0.4, 0.5) is 11.4 Å². The number of hydrogen-bond acceptors (Lipinski definition) is 6. The zero-order chi connectivity index (χ0) is 26.5. The largest absolute Gasteiger partial charge is 0.490 e. The number of nitrogens with zero attached hydrogens (tertiary/aromatic N) is 3. The number of anilines is 2. The fourth-order valence-electron chi connectivity index (χ4n) is 4.91. The number of fused-ring (bicyclic) bond motifs is 1. The van der Waals surface area contributed by atoms with E-state index >= 15 is 0 Å². The first-order valence-corrected chi connectivity index (χ1v) is 13.5. The lowest BCUT2D eigenvalue weighted by molar-refractivity contribution is -0.114. The summed E-state index contributed by atoms with van der Waals surface area (Å²) in [5, 5.41) is 3.73. The summed E-state index contributed by atoms with van der Waals surface area (Å²) in [7, 11) is 0. The Morgan fingerprint density at radius 3 is 2.21 bits per heavy atom. The van der Waals surface area contributed by atoms with Gasteiger partial charge in [-0.15, -0.1) is 0 Å². The second kappa shape index (κ2) is 11.9. The summed E-state index contributed by atoms with van der Waals surface area (Å²) in [5.41, 5.74) is 5.71. The topological polar surface area (TPSA) is 66.4 Å². The van der Waals surface area contributed by atoms with Crippen molar-refractivity contribution in [3.8, 4) is 11.5 Å². The van der Waals surface area contributed by atoms with Crippen LogP contribution in [0.1, 0.15) is 30.5 Å². The maximum atomic E-state index is 12.4. The molecule has 5 rings (SSSR count). The average Bonchev–Trinajstić information content (AvgIpc) is 3.08. The second-order valence-electron chi connectivity index (χ2n) is 9.36. The number of benzodiazepines with no additional fused rings is 1. The van der Waals surface area contributed by atoms with Gasteiger partial charge >= 0.3 is 0 Å². The average molecular weight is 533 g/mol. The van der Waals surface area contributed by atoms with Gasteiger partial charge in [-0.2, -0.15) is 0 Å². The molecule has 0 unspecified atom stereocenters. The van der Waals surface area contributed by atoms with Crippen LogP contribution in [0.25, 0.3) is 0 Å². The lowest BCUT2D eigenvalue weighted by Gasteiger charge is -2.36. The van der Waals surface area contributed by atoms with Crippen molar-refractivity contribution in [1.82, 2.24) is 4.90 Å². The number of benzene rings is 3. The molecular weight excluding hydrogens is 500 g/mol. The zero-order valence-corrected chi connectivity index (χ0v) is 22.6. The number of nitrogens with one attached hydrogen (secondary N) is 1. The van der Waals surface area contributed by atoms with E-state index in [0.717, 1.165) is 54.6 Å². The van der Waals surface area contributed by atoms with E-state index in [-0.39, 0.29) is 12.5 Å². The van der Waals surface area contributed by atoms with Gasteiger partial charge in [-0.25, -0.2) is 0 Å². The molecule has 1 saturated heterocycles. The van der Waals surface area contributed by atoms with Crippen molar-refractivity contribution >= 4 is 34.6 Å². The second-order valence-corrected chi connectivity index (χ2v) is 9.80.